The lowest BCUT2D eigenvalue weighted by molar-refractivity contribution is 0.374. The van der Waals surface area contributed by atoms with Crippen molar-refractivity contribution in [3.63, 3.8) is 0 Å². The Labute approximate surface area is 123 Å². The maximum absolute atomic E-state index is 5.69. The van der Waals surface area contributed by atoms with Crippen molar-refractivity contribution in [3.8, 4) is 17.4 Å². The smallest absolute Gasteiger partial charge is 0.233 e. The summed E-state index contributed by atoms with van der Waals surface area (Å²) in [6.07, 6.45) is 0. The second kappa shape index (κ2) is 6.87. The van der Waals surface area contributed by atoms with Gasteiger partial charge in [0, 0.05) is 6.07 Å². The van der Waals surface area contributed by atoms with Gasteiger partial charge in [-0.05, 0) is 18.2 Å². The molecule has 7 nitrogen and oxygen atoms in total. The molecule has 7 heteroatoms. The fourth-order valence-corrected chi connectivity index (χ4v) is 2.07. The molecule has 1 heterocycles. The van der Waals surface area contributed by atoms with E-state index in [0.717, 1.165) is 5.56 Å². The van der Waals surface area contributed by atoms with Crippen molar-refractivity contribution in [1.82, 2.24) is 15.6 Å². The Hall–Kier alpha value is -2.38. The molecule has 0 saturated heterocycles. The minimum absolute atomic E-state index is 0.422. The summed E-state index contributed by atoms with van der Waals surface area (Å²) >= 11 is 0. The predicted molar refractivity (Wildman–Crippen MR) is 77.3 cm³/mol. The average Bonchev–Trinajstić information content (AvgIpc) is 2.56. The van der Waals surface area contributed by atoms with Crippen LogP contribution < -0.4 is 25.5 Å². The first-order chi connectivity index (χ1) is 10.2. The molecule has 0 saturated carbocycles. The van der Waals surface area contributed by atoms with Crippen molar-refractivity contribution in [1.29, 1.82) is 0 Å². The molecule has 3 N–H and O–H groups in total. The normalized spacial score (nSPS) is 11.8. The van der Waals surface area contributed by atoms with Gasteiger partial charge in [0.15, 0.2) is 0 Å². The van der Waals surface area contributed by atoms with Gasteiger partial charge in [-0.3, -0.25) is 5.84 Å². The van der Waals surface area contributed by atoms with Crippen molar-refractivity contribution in [2.75, 3.05) is 21.3 Å². The van der Waals surface area contributed by atoms with Gasteiger partial charge in [-0.25, -0.2) is 5.43 Å². The third-order valence-electron chi connectivity index (χ3n) is 3.09. The number of hydrogen-bond donors (Lipinski definition) is 2. The van der Waals surface area contributed by atoms with Crippen molar-refractivity contribution >= 4 is 0 Å². The van der Waals surface area contributed by atoms with E-state index in [-0.39, 0.29) is 0 Å². The van der Waals surface area contributed by atoms with Crippen molar-refractivity contribution < 1.29 is 14.2 Å². The number of nitrogens with two attached hydrogens (primary N) is 1. The van der Waals surface area contributed by atoms with Crippen LogP contribution in [0, 0.1) is 0 Å². The molecular formula is C14H18N4O3. The predicted octanol–water partition coefficient (Wildman–Crippen LogP) is 1.06. The Morgan fingerprint density at radius 1 is 0.952 bits per heavy atom. The number of nitrogens with zero attached hydrogens (tertiary/aromatic N) is 2. The Balaban J connectivity index is 2.49. The first kappa shape index (κ1) is 15.0. The van der Waals surface area contributed by atoms with E-state index in [1.807, 2.05) is 18.2 Å². The number of aromatic nitrogens is 2. The molecule has 0 spiro atoms. The van der Waals surface area contributed by atoms with E-state index in [9.17, 15) is 0 Å². The number of methoxy groups -OCH3 is 3. The minimum Gasteiger partial charge on any atom is -0.496 e. The van der Waals surface area contributed by atoms with Gasteiger partial charge in [-0.2, -0.15) is 0 Å². The summed E-state index contributed by atoms with van der Waals surface area (Å²) < 4.78 is 15.8. The quantitative estimate of drug-likeness (QED) is 0.607. The van der Waals surface area contributed by atoms with Gasteiger partial charge in [0.1, 0.15) is 11.5 Å². The summed E-state index contributed by atoms with van der Waals surface area (Å²) in [6.45, 7) is 0. The maximum atomic E-state index is 5.69. The largest absolute Gasteiger partial charge is 0.496 e. The summed E-state index contributed by atoms with van der Waals surface area (Å²) in [7, 11) is 4.71. The van der Waals surface area contributed by atoms with E-state index in [4.69, 9.17) is 20.1 Å². The van der Waals surface area contributed by atoms with Gasteiger partial charge >= 0.3 is 0 Å². The Morgan fingerprint density at radius 3 is 2.05 bits per heavy atom. The monoisotopic (exact) mass is 290 g/mol. The van der Waals surface area contributed by atoms with Crippen molar-refractivity contribution in [3.05, 3.63) is 41.6 Å². The highest BCUT2D eigenvalue weighted by atomic mass is 16.5. The lowest BCUT2D eigenvalue weighted by Crippen LogP contribution is -2.30. The summed E-state index contributed by atoms with van der Waals surface area (Å²) in [4.78, 5) is 0. The molecule has 2 rings (SSSR count). The van der Waals surface area contributed by atoms with E-state index >= 15 is 0 Å². The van der Waals surface area contributed by atoms with Gasteiger partial charge in [0.05, 0.1) is 38.6 Å². The van der Waals surface area contributed by atoms with E-state index in [1.54, 1.807) is 26.4 Å². The zero-order valence-corrected chi connectivity index (χ0v) is 12.2. The molecule has 0 amide bonds. The highest BCUT2D eigenvalue weighted by Gasteiger charge is 2.23. The lowest BCUT2D eigenvalue weighted by Gasteiger charge is -2.20. The molecule has 2 aromatic rings. The molecule has 0 fully saturated rings. The Kier molecular flexibility index (Phi) is 4.91. The van der Waals surface area contributed by atoms with Crippen molar-refractivity contribution in [2.24, 2.45) is 5.84 Å². The molecule has 1 aromatic carbocycles. The average molecular weight is 290 g/mol. The summed E-state index contributed by atoms with van der Waals surface area (Å²) in [5.74, 6) is 7.42. The van der Waals surface area contributed by atoms with E-state index in [0.29, 0.717) is 23.1 Å². The van der Waals surface area contributed by atoms with Crippen LogP contribution in [0.4, 0.5) is 0 Å². The molecular weight excluding hydrogens is 272 g/mol. The minimum atomic E-state index is -0.422. The maximum Gasteiger partial charge on any atom is 0.233 e. The topological polar surface area (TPSA) is 91.5 Å². The van der Waals surface area contributed by atoms with Gasteiger partial charge < -0.3 is 14.2 Å². The number of nitrogens with one attached hydrogen (secondary N) is 1. The fourth-order valence-electron chi connectivity index (χ4n) is 2.07. The van der Waals surface area contributed by atoms with Gasteiger partial charge in [-0.15, -0.1) is 10.2 Å². The molecule has 0 aliphatic rings. The number of hydrazine groups is 1. The van der Waals surface area contributed by atoms with Gasteiger partial charge in [0.25, 0.3) is 0 Å². The Bertz CT molecular complexity index is 567. The number of ether oxygens (including phenoxy) is 3. The summed E-state index contributed by atoms with van der Waals surface area (Å²) in [5, 5.41) is 8.07. The zero-order chi connectivity index (χ0) is 15.2. The highest BCUT2D eigenvalue weighted by Crippen LogP contribution is 2.36. The molecule has 21 heavy (non-hydrogen) atoms. The number of benzene rings is 1. The van der Waals surface area contributed by atoms with Crippen LogP contribution >= 0.6 is 0 Å². The van der Waals surface area contributed by atoms with E-state index in [1.165, 1.54) is 7.11 Å². The van der Waals surface area contributed by atoms with Crippen LogP contribution in [-0.4, -0.2) is 31.5 Å². The third-order valence-corrected chi connectivity index (χ3v) is 3.09. The number of hydrogen-bond acceptors (Lipinski definition) is 7. The molecule has 0 aliphatic heterocycles. The standard InChI is InChI=1S/C14H18N4O3/c1-19-10-5-4-6-11(20-2)13(10)14(16-15)9-7-8-12(21-3)18-17-9/h4-8,14,16H,15H2,1-3H3. The van der Waals surface area contributed by atoms with E-state index in [2.05, 4.69) is 15.6 Å². The van der Waals surface area contributed by atoms with Crippen LogP contribution in [0.15, 0.2) is 30.3 Å². The van der Waals surface area contributed by atoms with Crippen molar-refractivity contribution in [2.45, 2.75) is 6.04 Å². The van der Waals surface area contributed by atoms with E-state index < -0.39 is 6.04 Å². The molecule has 1 aromatic heterocycles. The number of rotatable bonds is 6. The molecule has 112 valence electrons. The van der Waals surface area contributed by atoms with Gasteiger partial charge in [-0.1, -0.05) is 6.07 Å². The van der Waals surface area contributed by atoms with Crippen LogP contribution in [0.3, 0.4) is 0 Å². The summed E-state index contributed by atoms with van der Waals surface area (Å²) in [5.41, 5.74) is 4.10. The SMILES string of the molecule is COc1ccc(C(NN)c2c(OC)cccc2OC)nn1. The van der Waals surface area contributed by atoms with Crippen LogP contribution in [-0.2, 0) is 0 Å². The van der Waals surface area contributed by atoms with Crippen LogP contribution in [0.1, 0.15) is 17.3 Å². The second-order valence-electron chi connectivity index (χ2n) is 4.18. The highest BCUT2D eigenvalue weighted by molar-refractivity contribution is 5.49. The second-order valence-corrected chi connectivity index (χ2v) is 4.18. The van der Waals surface area contributed by atoms with Crippen LogP contribution in [0.25, 0.3) is 0 Å². The molecule has 1 unspecified atom stereocenters. The first-order valence-corrected chi connectivity index (χ1v) is 6.29. The molecule has 0 bridgehead atoms. The fraction of sp³-hybridized carbons (Fsp3) is 0.286. The molecule has 0 radical (unpaired) electrons. The first-order valence-electron chi connectivity index (χ1n) is 6.29. The zero-order valence-electron chi connectivity index (χ0n) is 12.2. The molecule has 1 atom stereocenters. The third kappa shape index (κ3) is 3.04. The summed E-state index contributed by atoms with van der Waals surface area (Å²) in [6, 6.07) is 8.58. The van der Waals surface area contributed by atoms with Crippen LogP contribution in [0.5, 0.6) is 17.4 Å². The molecule has 0 aliphatic carbocycles. The van der Waals surface area contributed by atoms with Gasteiger partial charge in [0.2, 0.25) is 5.88 Å². The van der Waals surface area contributed by atoms with Crippen LogP contribution in [0.2, 0.25) is 0 Å². The Morgan fingerprint density at radius 2 is 1.62 bits per heavy atom. The lowest BCUT2D eigenvalue weighted by atomic mass is 10.0.